The van der Waals surface area contributed by atoms with E-state index in [9.17, 15) is 8.78 Å². The van der Waals surface area contributed by atoms with Crippen molar-refractivity contribution in [1.82, 2.24) is 15.5 Å². The Morgan fingerprint density at radius 3 is 2.41 bits per heavy atom. The Kier molecular flexibility index (Phi) is 5.93. The molecule has 0 spiro atoms. The van der Waals surface area contributed by atoms with E-state index in [1.807, 2.05) is 0 Å². The van der Waals surface area contributed by atoms with Gasteiger partial charge in [-0.25, -0.2) is 13.8 Å². The number of nitrogens with one attached hydrogen (secondary N) is 1. The van der Waals surface area contributed by atoms with E-state index in [4.69, 9.17) is 10.7 Å². The van der Waals surface area contributed by atoms with E-state index in [2.05, 4.69) is 22.1 Å². The zero-order valence-corrected chi connectivity index (χ0v) is 17.2. The second kappa shape index (κ2) is 8.96. The topological polar surface area (TPSA) is 79.0 Å². The lowest BCUT2D eigenvalue weighted by Gasteiger charge is -2.23. The highest BCUT2D eigenvalue weighted by atomic mass is 19.1. The Balaban J connectivity index is 1.86. The molecule has 2 aromatic carbocycles. The summed E-state index contributed by atoms with van der Waals surface area (Å²) in [6.45, 7) is 3.94. The van der Waals surface area contributed by atoms with E-state index in [0.29, 0.717) is 28.2 Å². The number of aliphatic imine (C=N–C) groups is 1. The van der Waals surface area contributed by atoms with Crippen LogP contribution in [0.25, 0.3) is 11.4 Å². The van der Waals surface area contributed by atoms with Crippen molar-refractivity contribution in [3.63, 3.8) is 0 Å². The van der Waals surface area contributed by atoms with Crippen LogP contribution in [0, 0.1) is 11.6 Å². The van der Waals surface area contributed by atoms with Crippen LogP contribution in [0.4, 0.5) is 14.5 Å². The van der Waals surface area contributed by atoms with Gasteiger partial charge in [-0.2, -0.15) is 5.90 Å². The van der Waals surface area contributed by atoms with E-state index in [-0.39, 0.29) is 17.4 Å². The predicted molar refractivity (Wildman–Crippen MR) is 119 cm³/mol. The SMILES string of the molecule is C=C(N=C(ON)C1=C(c2ccncc2)N(c2ccccc2F)NN1C)c1ccc(F)cc1. The number of likely N-dealkylation sites (N-methyl/N-ethyl adjacent to an activating group) is 1. The minimum Gasteiger partial charge on any atom is -0.389 e. The molecule has 0 unspecified atom stereocenters. The monoisotopic (exact) mass is 434 g/mol. The number of nitrogens with two attached hydrogens (primary N) is 1. The molecule has 0 saturated heterocycles. The fourth-order valence-corrected chi connectivity index (χ4v) is 3.31. The summed E-state index contributed by atoms with van der Waals surface area (Å²) in [5.41, 5.74) is 5.96. The van der Waals surface area contributed by atoms with E-state index >= 15 is 0 Å². The number of hydrogen-bond acceptors (Lipinski definition) is 7. The van der Waals surface area contributed by atoms with Crippen LogP contribution in [0.15, 0.2) is 90.3 Å². The van der Waals surface area contributed by atoms with Crippen molar-refractivity contribution in [1.29, 1.82) is 0 Å². The lowest BCUT2D eigenvalue weighted by atomic mass is 10.1. The molecule has 0 amide bonds. The standard InChI is InChI=1S/C23H20F2N6O/c1-15(16-7-9-18(24)10-8-16)28-23(32-26)22-21(17-11-13-27-14-12-17)31(29-30(22)2)20-6-4-3-5-19(20)25/h3-14,29H,1,26H2,2H3. The van der Waals surface area contributed by atoms with Crippen LogP contribution in [0.1, 0.15) is 11.1 Å². The Morgan fingerprint density at radius 1 is 1.06 bits per heavy atom. The van der Waals surface area contributed by atoms with Crippen molar-refractivity contribution in [3.8, 4) is 0 Å². The van der Waals surface area contributed by atoms with Gasteiger partial charge in [0.05, 0.1) is 17.1 Å². The van der Waals surface area contributed by atoms with Crippen molar-refractivity contribution >= 4 is 23.0 Å². The maximum Gasteiger partial charge on any atom is 0.265 e. The minimum atomic E-state index is -0.427. The number of benzene rings is 2. The third-order valence-electron chi connectivity index (χ3n) is 4.81. The molecule has 1 aliphatic heterocycles. The zero-order chi connectivity index (χ0) is 22.7. The van der Waals surface area contributed by atoms with Crippen LogP contribution >= 0.6 is 0 Å². The average Bonchev–Trinajstić information content (AvgIpc) is 3.15. The van der Waals surface area contributed by atoms with Crippen LogP contribution in [0.3, 0.4) is 0 Å². The summed E-state index contributed by atoms with van der Waals surface area (Å²) in [4.78, 5) is 13.6. The summed E-state index contributed by atoms with van der Waals surface area (Å²) < 4.78 is 27.9. The summed E-state index contributed by atoms with van der Waals surface area (Å²) in [7, 11) is 1.71. The smallest absolute Gasteiger partial charge is 0.265 e. The van der Waals surface area contributed by atoms with Gasteiger partial charge < -0.3 is 4.84 Å². The number of hydrazine groups is 2. The Morgan fingerprint density at radius 2 is 1.75 bits per heavy atom. The molecule has 0 fully saturated rings. The normalized spacial score (nSPS) is 14.2. The van der Waals surface area contributed by atoms with Crippen molar-refractivity contribution in [3.05, 3.63) is 108 Å². The molecule has 32 heavy (non-hydrogen) atoms. The number of halogens is 2. The molecule has 3 aromatic rings. The fourth-order valence-electron chi connectivity index (χ4n) is 3.31. The molecule has 1 aliphatic rings. The predicted octanol–water partition coefficient (Wildman–Crippen LogP) is 3.86. The van der Waals surface area contributed by atoms with E-state index in [1.54, 1.807) is 71.9 Å². The minimum absolute atomic E-state index is 0.0278. The third-order valence-corrected chi connectivity index (χ3v) is 4.81. The lowest BCUT2D eigenvalue weighted by Crippen LogP contribution is -2.40. The first kappa shape index (κ1) is 21.2. The number of hydrogen-bond donors (Lipinski definition) is 2. The molecule has 1 aromatic heterocycles. The first-order valence-corrected chi connectivity index (χ1v) is 9.59. The van der Waals surface area contributed by atoms with Crippen molar-refractivity contribution in [2.75, 3.05) is 12.1 Å². The van der Waals surface area contributed by atoms with Gasteiger partial charge in [0.1, 0.15) is 17.3 Å². The van der Waals surface area contributed by atoms with Gasteiger partial charge >= 0.3 is 0 Å². The fraction of sp³-hybridized carbons (Fsp3) is 0.0435. The van der Waals surface area contributed by atoms with Crippen LogP contribution in [-0.2, 0) is 4.84 Å². The molecule has 4 rings (SSSR count). The molecule has 0 bridgehead atoms. The van der Waals surface area contributed by atoms with Gasteiger partial charge in [0.25, 0.3) is 5.90 Å². The Bertz CT molecular complexity index is 1190. The maximum absolute atomic E-state index is 14.7. The van der Waals surface area contributed by atoms with Gasteiger partial charge in [0, 0.05) is 25.0 Å². The van der Waals surface area contributed by atoms with Crippen LogP contribution < -0.4 is 16.4 Å². The molecular formula is C23H20F2N6O. The molecule has 2 heterocycles. The second-order valence-corrected chi connectivity index (χ2v) is 6.87. The summed E-state index contributed by atoms with van der Waals surface area (Å²) in [6.07, 6.45) is 3.24. The van der Waals surface area contributed by atoms with Crippen LogP contribution in [0.2, 0.25) is 0 Å². The second-order valence-electron chi connectivity index (χ2n) is 6.87. The molecule has 0 radical (unpaired) electrons. The Hall–Kier alpha value is -4.08. The van der Waals surface area contributed by atoms with Crippen molar-refractivity contribution < 1.29 is 13.6 Å². The van der Waals surface area contributed by atoms with Crippen molar-refractivity contribution in [2.24, 2.45) is 10.9 Å². The highest BCUT2D eigenvalue weighted by Crippen LogP contribution is 2.34. The molecule has 3 N–H and O–H groups in total. The van der Waals surface area contributed by atoms with Gasteiger partial charge in [0.15, 0.2) is 0 Å². The highest BCUT2D eigenvalue weighted by molar-refractivity contribution is 6.05. The zero-order valence-electron chi connectivity index (χ0n) is 17.2. The molecule has 0 aliphatic carbocycles. The summed E-state index contributed by atoms with van der Waals surface area (Å²) in [5, 5.41) is 3.17. The molecule has 162 valence electrons. The lowest BCUT2D eigenvalue weighted by molar-refractivity contribution is 0.288. The number of nitrogens with zero attached hydrogens (tertiary/aromatic N) is 4. The van der Waals surface area contributed by atoms with Gasteiger partial charge in [0.2, 0.25) is 0 Å². The third kappa shape index (κ3) is 4.07. The maximum atomic E-state index is 14.7. The first-order valence-electron chi connectivity index (χ1n) is 9.59. The van der Waals surface area contributed by atoms with Crippen LogP contribution in [0.5, 0.6) is 0 Å². The van der Waals surface area contributed by atoms with E-state index in [0.717, 1.165) is 0 Å². The van der Waals surface area contributed by atoms with Gasteiger partial charge in [-0.1, -0.05) is 18.7 Å². The number of para-hydroxylation sites is 1. The van der Waals surface area contributed by atoms with Gasteiger partial charge in [-0.3, -0.25) is 15.0 Å². The number of anilines is 1. The highest BCUT2D eigenvalue weighted by Gasteiger charge is 2.34. The molecule has 0 saturated carbocycles. The summed E-state index contributed by atoms with van der Waals surface area (Å²) in [6, 6.07) is 15.6. The van der Waals surface area contributed by atoms with Gasteiger partial charge in [-0.15, -0.1) is 5.53 Å². The van der Waals surface area contributed by atoms with Crippen LogP contribution in [-0.4, -0.2) is 22.9 Å². The average molecular weight is 434 g/mol. The largest absolute Gasteiger partial charge is 0.389 e. The molecular weight excluding hydrogens is 414 g/mol. The molecule has 0 atom stereocenters. The summed E-state index contributed by atoms with van der Waals surface area (Å²) in [5.74, 6) is 4.82. The Labute approximate surface area is 183 Å². The number of rotatable bonds is 5. The van der Waals surface area contributed by atoms with E-state index < -0.39 is 5.82 Å². The number of aromatic nitrogens is 1. The quantitative estimate of drug-likeness (QED) is 0.361. The molecule has 9 heteroatoms. The van der Waals surface area contributed by atoms with Gasteiger partial charge in [-0.05, 0) is 54.1 Å². The first-order chi connectivity index (χ1) is 15.5. The van der Waals surface area contributed by atoms with Crippen molar-refractivity contribution in [2.45, 2.75) is 0 Å². The van der Waals surface area contributed by atoms with E-state index in [1.165, 1.54) is 18.2 Å². The molecule has 7 nitrogen and oxygen atoms in total. The number of pyridine rings is 1. The summed E-state index contributed by atoms with van der Waals surface area (Å²) >= 11 is 0.